The Morgan fingerprint density at radius 3 is 2.95 bits per heavy atom. The van der Waals surface area contributed by atoms with Crippen LogP contribution in [0.4, 0.5) is 5.69 Å². The second kappa shape index (κ2) is 5.62. The van der Waals surface area contributed by atoms with Crippen molar-refractivity contribution in [3.63, 3.8) is 0 Å². The molecule has 3 heteroatoms. The van der Waals surface area contributed by atoms with E-state index in [0.717, 1.165) is 12.6 Å². The lowest BCUT2D eigenvalue weighted by atomic mass is 9.99. The summed E-state index contributed by atoms with van der Waals surface area (Å²) >= 11 is 0. The highest BCUT2D eigenvalue weighted by Gasteiger charge is 2.34. The van der Waals surface area contributed by atoms with Gasteiger partial charge in [-0.2, -0.15) is 0 Å². The number of anilines is 1. The molecule has 4 rings (SSSR count). The molecule has 0 amide bonds. The number of hydrogen-bond donors (Lipinski definition) is 1. The van der Waals surface area contributed by atoms with E-state index in [-0.39, 0.29) is 0 Å². The van der Waals surface area contributed by atoms with Gasteiger partial charge >= 0.3 is 0 Å². The van der Waals surface area contributed by atoms with E-state index >= 15 is 0 Å². The molecule has 3 nitrogen and oxygen atoms in total. The minimum absolute atomic E-state index is 0.698. The Hall–Kier alpha value is -1.06. The highest BCUT2D eigenvalue weighted by molar-refractivity contribution is 5.56. The highest BCUT2D eigenvalue weighted by atomic mass is 15.2. The summed E-state index contributed by atoms with van der Waals surface area (Å²) in [6, 6.07) is 8.67. The molecule has 21 heavy (non-hydrogen) atoms. The summed E-state index contributed by atoms with van der Waals surface area (Å²) in [7, 11) is 2.21. The molecule has 0 spiro atoms. The minimum atomic E-state index is 0.698. The molecule has 2 fully saturated rings. The molecule has 1 aromatic carbocycles. The SMILES string of the molecule is CN1CCCc2cc(CNC3CCN(C4CC4)C3)ccc21. The van der Waals surface area contributed by atoms with Crippen LogP contribution in [0.15, 0.2) is 18.2 Å². The fourth-order valence-corrected chi connectivity index (χ4v) is 3.94. The van der Waals surface area contributed by atoms with Gasteiger partial charge in [0.2, 0.25) is 0 Å². The maximum Gasteiger partial charge on any atom is 0.0396 e. The first-order valence-electron chi connectivity index (χ1n) is 8.60. The summed E-state index contributed by atoms with van der Waals surface area (Å²) in [5.74, 6) is 0. The van der Waals surface area contributed by atoms with Crippen molar-refractivity contribution >= 4 is 5.69 Å². The van der Waals surface area contributed by atoms with Crippen molar-refractivity contribution in [2.24, 2.45) is 0 Å². The molecule has 3 aliphatic rings. The molecular formula is C18H27N3. The number of hydrogen-bond acceptors (Lipinski definition) is 3. The minimum Gasteiger partial charge on any atom is -0.374 e. The Morgan fingerprint density at radius 1 is 1.19 bits per heavy atom. The van der Waals surface area contributed by atoms with Gasteiger partial charge in [0.15, 0.2) is 0 Å². The van der Waals surface area contributed by atoms with E-state index in [0.29, 0.717) is 6.04 Å². The maximum absolute atomic E-state index is 3.77. The van der Waals surface area contributed by atoms with Gasteiger partial charge in [0.25, 0.3) is 0 Å². The molecule has 1 saturated carbocycles. The van der Waals surface area contributed by atoms with Gasteiger partial charge in [0.05, 0.1) is 0 Å². The average molecular weight is 285 g/mol. The Labute approximate surface area is 128 Å². The third-order valence-electron chi connectivity index (χ3n) is 5.37. The van der Waals surface area contributed by atoms with E-state index in [4.69, 9.17) is 0 Å². The number of aryl methyl sites for hydroxylation is 1. The van der Waals surface area contributed by atoms with Gasteiger partial charge in [0.1, 0.15) is 0 Å². The average Bonchev–Trinajstić information content (AvgIpc) is 3.24. The van der Waals surface area contributed by atoms with Crippen LogP contribution < -0.4 is 10.2 Å². The molecule has 1 unspecified atom stereocenters. The van der Waals surface area contributed by atoms with E-state index in [1.165, 1.54) is 68.6 Å². The lowest BCUT2D eigenvalue weighted by molar-refractivity contribution is 0.317. The smallest absolute Gasteiger partial charge is 0.0396 e. The van der Waals surface area contributed by atoms with Crippen molar-refractivity contribution in [1.29, 1.82) is 0 Å². The van der Waals surface area contributed by atoms with E-state index in [1.54, 1.807) is 0 Å². The van der Waals surface area contributed by atoms with Gasteiger partial charge < -0.3 is 10.2 Å². The van der Waals surface area contributed by atoms with E-state index in [1.807, 2.05) is 0 Å². The summed E-state index contributed by atoms with van der Waals surface area (Å²) in [5, 5.41) is 3.77. The number of rotatable bonds is 4. The van der Waals surface area contributed by atoms with Crippen molar-refractivity contribution in [2.75, 3.05) is 31.6 Å². The molecule has 1 saturated heterocycles. The van der Waals surface area contributed by atoms with Crippen molar-refractivity contribution < 1.29 is 0 Å². The molecule has 0 aromatic heterocycles. The topological polar surface area (TPSA) is 18.5 Å². The van der Waals surface area contributed by atoms with Crippen molar-refractivity contribution in [2.45, 2.75) is 50.7 Å². The fraction of sp³-hybridized carbons (Fsp3) is 0.667. The van der Waals surface area contributed by atoms with Crippen LogP contribution in [-0.2, 0) is 13.0 Å². The zero-order valence-corrected chi connectivity index (χ0v) is 13.1. The summed E-state index contributed by atoms with van der Waals surface area (Å²) in [6.07, 6.45) is 6.73. The van der Waals surface area contributed by atoms with Crippen LogP contribution in [-0.4, -0.2) is 43.7 Å². The number of nitrogens with one attached hydrogen (secondary N) is 1. The van der Waals surface area contributed by atoms with Gasteiger partial charge in [-0.1, -0.05) is 12.1 Å². The van der Waals surface area contributed by atoms with E-state index in [2.05, 4.69) is 40.4 Å². The van der Waals surface area contributed by atoms with Crippen LogP contribution in [0.1, 0.15) is 36.8 Å². The predicted molar refractivity (Wildman–Crippen MR) is 87.9 cm³/mol. The fourth-order valence-electron chi connectivity index (χ4n) is 3.94. The third-order valence-corrected chi connectivity index (χ3v) is 5.37. The zero-order valence-electron chi connectivity index (χ0n) is 13.1. The second-order valence-corrected chi connectivity index (χ2v) is 7.08. The van der Waals surface area contributed by atoms with E-state index in [9.17, 15) is 0 Å². The summed E-state index contributed by atoms with van der Waals surface area (Å²) in [5.41, 5.74) is 4.42. The summed E-state index contributed by atoms with van der Waals surface area (Å²) in [6.45, 7) is 4.79. The molecule has 1 N–H and O–H groups in total. The van der Waals surface area contributed by atoms with Gasteiger partial charge in [-0.25, -0.2) is 0 Å². The molecular weight excluding hydrogens is 258 g/mol. The Bertz CT molecular complexity index is 509. The first-order valence-corrected chi connectivity index (χ1v) is 8.60. The molecule has 114 valence electrons. The number of fused-ring (bicyclic) bond motifs is 1. The van der Waals surface area contributed by atoms with Gasteiger partial charge in [-0.3, -0.25) is 4.90 Å². The second-order valence-electron chi connectivity index (χ2n) is 7.08. The Morgan fingerprint density at radius 2 is 2.10 bits per heavy atom. The zero-order chi connectivity index (χ0) is 14.2. The van der Waals surface area contributed by atoms with Crippen LogP contribution in [0, 0.1) is 0 Å². The van der Waals surface area contributed by atoms with E-state index < -0.39 is 0 Å². The standard InChI is InChI=1S/C18H27N3/c1-20-9-2-3-15-11-14(4-7-18(15)20)12-19-16-8-10-21(13-16)17-5-6-17/h4,7,11,16-17,19H,2-3,5-6,8-10,12-13H2,1H3. The lowest BCUT2D eigenvalue weighted by Gasteiger charge is -2.28. The normalized spacial score (nSPS) is 26.1. The van der Waals surface area contributed by atoms with Crippen LogP contribution in [0.3, 0.4) is 0 Å². The highest BCUT2D eigenvalue weighted by Crippen LogP contribution is 2.30. The van der Waals surface area contributed by atoms with Crippen LogP contribution >= 0.6 is 0 Å². The van der Waals surface area contributed by atoms with Crippen LogP contribution in [0.25, 0.3) is 0 Å². The number of nitrogens with zero attached hydrogens (tertiary/aromatic N) is 2. The summed E-state index contributed by atoms with van der Waals surface area (Å²) in [4.78, 5) is 5.07. The maximum atomic E-state index is 3.77. The summed E-state index contributed by atoms with van der Waals surface area (Å²) < 4.78 is 0. The number of benzene rings is 1. The monoisotopic (exact) mass is 285 g/mol. The molecule has 1 aromatic rings. The van der Waals surface area contributed by atoms with Crippen LogP contribution in [0.5, 0.6) is 0 Å². The van der Waals surface area contributed by atoms with Gasteiger partial charge in [-0.05, 0) is 49.3 Å². The molecule has 1 aliphatic carbocycles. The molecule has 2 aliphatic heterocycles. The number of likely N-dealkylation sites (tertiary alicyclic amines) is 1. The van der Waals surface area contributed by atoms with Gasteiger partial charge in [0, 0.05) is 51.0 Å². The first kappa shape index (κ1) is 13.6. The Balaban J connectivity index is 1.35. The quantitative estimate of drug-likeness (QED) is 0.916. The molecule has 0 bridgehead atoms. The lowest BCUT2D eigenvalue weighted by Crippen LogP contribution is -2.33. The molecule has 1 atom stereocenters. The van der Waals surface area contributed by atoms with Crippen LogP contribution in [0.2, 0.25) is 0 Å². The van der Waals surface area contributed by atoms with Crippen molar-refractivity contribution in [3.8, 4) is 0 Å². The molecule has 2 heterocycles. The third kappa shape index (κ3) is 2.95. The first-order chi connectivity index (χ1) is 10.3. The Kier molecular flexibility index (Phi) is 3.64. The van der Waals surface area contributed by atoms with Crippen molar-refractivity contribution in [1.82, 2.24) is 10.2 Å². The molecule has 0 radical (unpaired) electrons. The van der Waals surface area contributed by atoms with Gasteiger partial charge in [-0.15, -0.1) is 0 Å². The van der Waals surface area contributed by atoms with Crippen molar-refractivity contribution in [3.05, 3.63) is 29.3 Å². The largest absolute Gasteiger partial charge is 0.374 e. The predicted octanol–water partition coefficient (Wildman–Crippen LogP) is 2.40.